The summed E-state index contributed by atoms with van der Waals surface area (Å²) >= 11 is 0. The van der Waals surface area contributed by atoms with Gasteiger partial charge < -0.3 is 9.84 Å². The molecule has 0 aliphatic carbocycles. The number of hydrogen-bond acceptors (Lipinski definition) is 3. The van der Waals surface area contributed by atoms with E-state index >= 15 is 0 Å². The molecule has 2 heterocycles. The van der Waals surface area contributed by atoms with E-state index in [1.54, 1.807) is 0 Å². The van der Waals surface area contributed by atoms with Crippen LogP contribution in [0.3, 0.4) is 0 Å². The van der Waals surface area contributed by atoms with Gasteiger partial charge in [0, 0.05) is 23.6 Å². The number of aryl methyl sites for hydroxylation is 1. The third-order valence-corrected chi connectivity index (χ3v) is 3.61. The highest BCUT2D eigenvalue weighted by Crippen LogP contribution is 2.32. The highest BCUT2D eigenvalue weighted by molar-refractivity contribution is 5.82. The highest BCUT2D eigenvalue weighted by Gasteiger charge is 2.26. The van der Waals surface area contributed by atoms with Crippen LogP contribution in [0.5, 0.6) is 0 Å². The quantitative estimate of drug-likeness (QED) is 0.881. The Hall–Kier alpha value is -1.45. The molecule has 3 rings (SSSR count). The first-order valence-corrected chi connectivity index (χ1v) is 6.38. The van der Waals surface area contributed by atoms with E-state index in [1.807, 2.05) is 37.3 Å². The Kier molecular flexibility index (Phi) is 3.02. The molecule has 3 nitrogen and oxygen atoms in total. The lowest BCUT2D eigenvalue weighted by molar-refractivity contribution is 0.0928. The van der Waals surface area contributed by atoms with Gasteiger partial charge in [0.25, 0.3) is 0 Å². The van der Waals surface area contributed by atoms with Crippen LogP contribution < -0.4 is 0 Å². The molecule has 1 aromatic heterocycles. The molecule has 94 valence electrons. The van der Waals surface area contributed by atoms with E-state index in [2.05, 4.69) is 4.98 Å². The van der Waals surface area contributed by atoms with Gasteiger partial charge in [0.15, 0.2) is 0 Å². The van der Waals surface area contributed by atoms with Gasteiger partial charge in [0.2, 0.25) is 0 Å². The minimum atomic E-state index is -0.459. The van der Waals surface area contributed by atoms with E-state index in [0.717, 1.165) is 35.2 Å². The van der Waals surface area contributed by atoms with Crippen molar-refractivity contribution in [2.75, 3.05) is 13.2 Å². The second kappa shape index (κ2) is 4.67. The van der Waals surface area contributed by atoms with Gasteiger partial charge in [-0.1, -0.05) is 18.2 Å². The van der Waals surface area contributed by atoms with E-state index in [-0.39, 0.29) is 5.92 Å². The number of aromatic nitrogens is 1. The number of ether oxygens (including phenoxy) is 1. The number of para-hydroxylation sites is 1. The van der Waals surface area contributed by atoms with Gasteiger partial charge in [-0.3, -0.25) is 4.98 Å². The summed E-state index contributed by atoms with van der Waals surface area (Å²) in [6.45, 7) is 3.37. The number of fused-ring (bicyclic) bond motifs is 1. The number of rotatable bonds is 2. The Balaban J connectivity index is 2.09. The molecule has 1 aliphatic rings. The van der Waals surface area contributed by atoms with Crippen LogP contribution in [-0.2, 0) is 4.74 Å². The summed E-state index contributed by atoms with van der Waals surface area (Å²) in [6.07, 6.45) is 0.468. The van der Waals surface area contributed by atoms with E-state index < -0.39 is 6.10 Å². The van der Waals surface area contributed by atoms with Gasteiger partial charge >= 0.3 is 0 Å². The van der Waals surface area contributed by atoms with Crippen LogP contribution >= 0.6 is 0 Å². The Morgan fingerprint density at radius 3 is 3.00 bits per heavy atom. The Morgan fingerprint density at radius 1 is 1.39 bits per heavy atom. The van der Waals surface area contributed by atoms with Crippen molar-refractivity contribution in [2.24, 2.45) is 5.92 Å². The second-order valence-corrected chi connectivity index (χ2v) is 4.94. The van der Waals surface area contributed by atoms with Crippen molar-refractivity contribution < 1.29 is 9.84 Å². The normalized spacial score (nSPS) is 21.3. The van der Waals surface area contributed by atoms with Gasteiger partial charge in [-0.2, -0.15) is 0 Å². The van der Waals surface area contributed by atoms with Gasteiger partial charge in [0.1, 0.15) is 0 Å². The van der Waals surface area contributed by atoms with Crippen LogP contribution in [0.4, 0.5) is 0 Å². The van der Waals surface area contributed by atoms with Crippen molar-refractivity contribution in [3.05, 3.63) is 41.6 Å². The molecule has 0 radical (unpaired) electrons. The number of aliphatic hydroxyl groups is 1. The van der Waals surface area contributed by atoms with Crippen LogP contribution in [0.25, 0.3) is 10.9 Å². The van der Waals surface area contributed by atoms with Crippen LogP contribution in [-0.4, -0.2) is 23.3 Å². The molecule has 0 amide bonds. The van der Waals surface area contributed by atoms with Gasteiger partial charge in [-0.05, 0) is 31.0 Å². The molecule has 1 aromatic carbocycles. The topological polar surface area (TPSA) is 42.4 Å². The Morgan fingerprint density at radius 2 is 2.22 bits per heavy atom. The average Bonchev–Trinajstić information content (AvgIpc) is 2.90. The van der Waals surface area contributed by atoms with E-state index in [9.17, 15) is 5.11 Å². The fourth-order valence-corrected chi connectivity index (χ4v) is 2.64. The van der Waals surface area contributed by atoms with Crippen LogP contribution in [0.15, 0.2) is 30.3 Å². The van der Waals surface area contributed by atoms with Crippen LogP contribution in [0.2, 0.25) is 0 Å². The van der Waals surface area contributed by atoms with Crippen molar-refractivity contribution in [2.45, 2.75) is 19.4 Å². The lowest BCUT2D eigenvalue weighted by atomic mass is 9.92. The van der Waals surface area contributed by atoms with Crippen molar-refractivity contribution in [3.8, 4) is 0 Å². The van der Waals surface area contributed by atoms with E-state index in [4.69, 9.17) is 4.74 Å². The minimum absolute atomic E-state index is 0.204. The summed E-state index contributed by atoms with van der Waals surface area (Å²) in [4.78, 5) is 4.50. The molecule has 1 N–H and O–H groups in total. The number of nitrogens with zero attached hydrogens (tertiary/aromatic N) is 1. The average molecular weight is 243 g/mol. The molecule has 1 fully saturated rings. The monoisotopic (exact) mass is 243 g/mol. The fraction of sp³-hybridized carbons (Fsp3) is 0.400. The Labute approximate surface area is 106 Å². The number of benzene rings is 1. The zero-order chi connectivity index (χ0) is 12.5. The maximum Gasteiger partial charge on any atom is 0.0848 e. The summed E-state index contributed by atoms with van der Waals surface area (Å²) < 4.78 is 5.37. The first-order valence-electron chi connectivity index (χ1n) is 6.38. The van der Waals surface area contributed by atoms with Crippen LogP contribution in [0.1, 0.15) is 23.8 Å². The molecule has 2 unspecified atom stereocenters. The molecular formula is C15H17NO2. The second-order valence-electron chi connectivity index (χ2n) is 4.94. The predicted molar refractivity (Wildman–Crippen MR) is 70.4 cm³/mol. The van der Waals surface area contributed by atoms with Crippen molar-refractivity contribution >= 4 is 10.9 Å². The molecule has 2 atom stereocenters. The maximum atomic E-state index is 10.5. The standard InChI is InChI=1S/C15H17NO2/c1-10-8-13(15(17)11-6-7-18-9-11)12-4-2-3-5-14(12)16-10/h2-5,8,11,15,17H,6-7,9H2,1H3. The molecule has 0 spiro atoms. The lowest BCUT2D eigenvalue weighted by Crippen LogP contribution is -2.13. The van der Waals surface area contributed by atoms with Gasteiger partial charge in [-0.25, -0.2) is 0 Å². The largest absolute Gasteiger partial charge is 0.388 e. The molecule has 3 heteroatoms. The zero-order valence-corrected chi connectivity index (χ0v) is 10.5. The maximum absolute atomic E-state index is 10.5. The third-order valence-electron chi connectivity index (χ3n) is 3.61. The fourth-order valence-electron chi connectivity index (χ4n) is 2.64. The summed E-state index contributed by atoms with van der Waals surface area (Å²) in [7, 11) is 0. The molecule has 18 heavy (non-hydrogen) atoms. The SMILES string of the molecule is Cc1cc(C(O)C2CCOC2)c2ccccc2n1. The molecule has 1 aliphatic heterocycles. The summed E-state index contributed by atoms with van der Waals surface area (Å²) in [6, 6.07) is 9.97. The predicted octanol–water partition coefficient (Wildman–Crippen LogP) is 2.61. The third kappa shape index (κ3) is 2.00. The number of pyridine rings is 1. The minimum Gasteiger partial charge on any atom is -0.388 e. The molecule has 2 aromatic rings. The van der Waals surface area contributed by atoms with Gasteiger partial charge in [-0.15, -0.1) is 0 Å². The summed E-state index contributed by atoms with van der Waals surface area (Å²) in [5.41, 5.74) is 2.88. The zero-order valence-electron chi connectivity index (χ0n) is 10.5. The number of aliphatic hydroxyl groups excluding tert-OH is 1. The molecular weight excluding hydrogens is 226 g/mol. The molecule has 1 saturated heterocycles. The summed E-state index contributed by atoms with van der Waals surface area (Å²) in [5, 5.41) is 11.6. The molecule has 0 bridgehead atoms. The first-order chi connectivity index (χ1) is 8.75. The smallest absolute Gasteiger partial charge is 0.0848 e. The summed E-state index contributed by atoms with van der Waals surface area (Å²) in [5.74, 6) is 0.204. The van der Waals surface area contributed by atoms with Crippen molar-refractivity contribution in [1.29, 1.82) is 0 Å². The van der Waals surface area contributed by atoms with E-state index in [1.165, 1.54) is 0 Å². The van der Waals surface area contributed by atoms with Crippen molar-refractivity contribution in [1.82, 2.24) is 4.98 Å². The highest BCUT2D eigenvalue weighted by atomic mass is 16.5. The van der Waals surface area contributed by atoms with Crippen molar-refractivity contribution in [3.63, 3.8) is 0 Å². The molecule has 0 saturated carbocycles. The first kappa shape index (κ1) is 11.6. The van der Waals surface area contributed by atoms with E-state index in [0.29, 0.717) is 6.61 Å². The Bertz CT molecular complexity index is 561. The number of hydrogen-bond donors (Lipinski definition) is 1. The van der Waals surface area contributed by atoms with Gasteiger partial charge in [0.05, 0.1) is 18.2 Å². The lowest BCUT2D eigenvalue weighted by Gasteiger charge is -2.19. The van der Waals surface area contributed by atoms with Crippen LogP contribution in [0, 0.1) is 12.8 Å².